The molecule has 0 saturated heterocycles. The summed E-state index contributed by atoms with van der Waals surface area (Å²) in [5.41, 5.74) is 0.479. The molecule has 1 aliphatic rings. The largest absolute Gasteiger partial charge is 0.444 e. The van der Waals surface area contributed by atoms with Gasteiger partial charge in [0.15, 0.2) is 0 Å². The van der Waals surface area contributed by atoms with Crippen molar-refractivity contribution in [2.45, 2.75) is 65.5 Å². The molecule has 0 spiro atoms. The topological polar surface area (TPSA) is 63.2 Å². The van der Waals surface area contributed by atoms with Crippen LogP contribution >= 0.6 is 0 Å². The van der Waals surface area contributed by atoms with Crippen LogP contribution in [0.3, 0.4) is 0 Å². The lowest BCUT2D eigenvalue weighted by Crippen LogP contribution is -2.30. The molecule has 1 saturated carbocycles. The van der Waals surface area contributed by atoms with Crippen LogP contribution in [0.25, 0.3) is 0 Å². The van der Waals surface area contributed by atoms with Crippen molar-refractivity contribution in [3.05, 3.63) is 18.3 Å². The second-order valence-electron chi connectivity index (χ2n) is 7.67. The lowest BCUT2D eigenvalue weighted by Gasteiger charge is -2.33. The summed E-state index contributed by atoms with van der Waals surface area (Å²) in [5.74, 6) is 2.06. The summed E-state index contributed by atoms with van der Waals surface area (Å²) in [6.07, 6.45) is 4.93. The van der Waals surface area contributed by atoms with Crippen LogP contribution in [0.4, 0.5) is 16.3 Å². The van der Waals surface area contributed by atoms with E-state index in [0.29, 0.717) is 11.9 Å². The van der Waals surface area contributed by atoms with Gasteiger partial charge in [0.1, 0.15) is 11.4 Å². The first-order valence-electron chi connectivity index (χ1n) is 8.45. The van der Waals surface area contributed by atoms with Gasteiger partial charge in [-0.1, -0.05) is 13.8 Å². The van der Waals surface area contributed by atoms with Gasteiger partial charge in [-0.25, -0.2) is 9.78 Å². The van der Waals surface area contributed by atoms with E-state index in [1.54, 1.807) is 12.3 Å². The fourth-order valence-electron chi connectivity index (χ4n) is 2.88. The molecule has 1 heterocycles. The van der Waals surface area contributed by atoms with Gasteiger partial charge in [0.05, 0.1) is 11.9 Å². The van der Waals surface area contributed by atoms with Crippen LogP contribution in [-0.2, 0) is 4.74 Å². The van der Waals surface area contributed by atoms with Crippen LogP contribution in [0.5, 0.6) is 0 Å². The molecule has 0 radical (unpaired) electrons. The summed E-state index contributed by atoms with van der Waals surface area (Å²) in [7, 11) is 0. The van der Waals surface area contributed by atoms with E-state index < -0.39 is 11.7 Å². The van der Waals surface area contributed by atoms with E-state index in [9.17, 15) is 4.79 Å². The summed E-state index contributed by atoms with van der Waals surface area (Å²) in [4.78, 5) is 16.0. The molecule has 1 amide bonds. The molecule has 1 aromatic heterocycles. The number of anilines is 2. The van der Waals surface area contributed by atoms with E-state index in [0.717, 1.165) is 17.5 Å². The second kappa shape index (κ2) is 7.20. The minimum Gasteiger partial charge on any atom is -0.444 e. The molecule has 1 aliphatic carbocycles. The Hall–Kier alpha value is -1.78. The van der Waals surface area contributed by atoms with Crippen molar-refractivity contribution < 1.29 is 9.53 Å². The van der Waals surface area contributed by atoms with Crippen LogP contribution in [0, 0.1) is 11.8 Å². The Morgan fingerprint density at radius 2 is 1.96 bits per heavy atom. The van der Waals surface area contributed by atoms with Crippen LogP contribution in [0.1, 0.15) is 53.9 Å². The Labute approximate surface area is 139 Å². The summed E-state index contributed by atoms with van der Waals surface area (Å²) < 4.78 is 5.21. The molecule has 5 heteroatoms. The molecule has 0 bridgehead atoms. The van der Waals surface area contributed by atoms with E-state index >= 15 is 0 Å². The normalized spacial score (nSPS) is 24.8. The molecule has 2 N–H and O–H groups in total. The molecule has 1 aromatic rings. The predicted octanol–water partition coefficient (Wildman–Crippen LogP) is 4.67. The van der Waals surface area contributed by atoms with Crippen molar-refractivity contribution >= 4 is 17.6 Å². The highest BCUT2D eigenvalue weighted by atomic mass is 16.6. The molecular weight excluding hydrogens is 290 g/mol. The number of hydrogen-bond donors (Lipinski definition) is 2. The minimum absolute atomic E-state index is 0.485. The third-order valence-corrected chi connectivity index (χ3v) is 4.36. The predicted molar refractivity (Wildman–Crippen MR) is 93.7 cm³/mol. The highest BCUT2D eigenvalue weighted by Crippen LogP contribution is 2.31. The van der Waals surface area contributed by atoms with E-state index in [-0.39, 0.29) is 0 Å². The first-order valence-corrected chi connectivity index (χ1v) is 8.45. The van der Waals surface area contributed by atoms with E-state index in [4.69, 9.17) is 4.74 Å². The maximum atomic E-state index is 11.7. The molecule has 128 valence electrons. The number of carbonyl (C=O) groups is 1. The number of rotatable bonds is 3. The third kappa shape index (κ3) is 5.73. The van der Waals surface area contributed by atoms with Gasteiger partial charge in [0, 0.05) is 6.04 Å². The Morgan fingerprint density at radius 3 is 2.52 bits per heavy atom. The van der Waals surface area contributed by atoms with Crippen molar-refractivity contribution in [2.24, 2.45) is 11.8 Å². The number of hydrogen-bond acceptors (Lipinski definition) is 4. The second-order valence-corrected chi connectivity index (χ2v) is 7.67. The van der Waals surface area contributed by atoms with Gasteiger partial charge < -0.3 is 10.1 Å². The monoisotopic (exact) mass is 319 g/mol. The Bertz CT molecular complexity index is 522. The van der Waals surface area contributed by atoms with Crippen molar-refractivity contribution in [3.63, 3.8) is 0 Å². The summed E-state index contributed by atoms with van der Waals surface area (Å²) >= 11 is 0. The van der Waals surface area contributed by atoms with E-state index in [1.165, 1.54) is 19.3 Å². The lowest BCUT2D eigenvalue weighted by atomic mass is 9.79. The fourth-order valence-corrected chi connectivity index (χ4v) is 2.88. The Kier molecular flexibility index (Phi) is 5.50. The highest BCUT2D eigenvalue weighted by molar-refractivity contribution is 5.83. The number of ether oxygens (including phenoxy) is 1. The molecule has 1 fully saturated rings. The summed E-state index contributed by atoms with van der Waals surface area (Å²) in [6.45, 7) is 10.2. The first-order chi connectivity index (χ1) is 10.7. The average Bonchev–Trinajstić information content (AvgIpc) is 2.43. The smallest absolute Gasteiger partial charge is 0.413 e. The van der Waals surface area contributed by atoms with Crippen molar-refractivity contribution in [2.75, 3.05) is 10.6 Å². The SMILES string of the molecule is CC1CCC(Nc2ccc(NC(=O)OC(C)(C)C)nc2)CC1C. The van der Waals surface area contributed by atoms with Crippen LogP contribution in [-0.4, -0.2) is 22.7 Å². The standard InChI is InChI=1S/C18H29N3O2/c1-12-6-7-14(10-13(12)2)20-15-8-9-16(19-11-15)21-17(22)23-18(3,4)5/h8-9,11-14,20H,6-7,10H2,1-5H3,(H,19,21,22). The first kappa shape index (κ1) is 17.6. The van der Waals surface area contributed by atoms with E-state index in [2.05, 4.69) is 29.5 Å². The molecule has 0 aromatic carbocycles. The van der Waals surface area contributed by atoms with Crippen LogP contribution < -0.4 is 10.6 Å². The van der Waals surface area contributed by atoms with E-state index in [1.807, 2.05) is 26.8 Å². The Morgan fingerprint density at radius 1 is 1.22 bits per heavy atom. The van der Waals surface area contributed by atoms with Gasteiger partial charge in [-0.05, 0) is 64.0 Å². The van der Waals surface area contributed by atoms with Gasteiger partial charge in [-0.3, -0.25) is 5.32 Å². The van der Waals surface area contributed by atoms with Gasteiger partial charge >= 0.3 is 6.09 Å². The van der Waals surface area contributed by atoms with Crippen molar-refractivity contribution in [1.29, 1.82) is 0 Å². The van der Waals surface area contributed by atoms with Crippen LogP contribution in [0.15, 0.2) is 18.3 Å². The van der Waals surface area contributed by atoms with Gasteiger partial charge in [-0.2, -0.15) is 0 Å². The molecule has 0 aliphatic heterocycles. The summed E-state index contributed by atoms with van der Waals surface area (Å²) in [5, 5.41) is 6.19. The zero-order chi connectivity index (χ0) is 17.0. The number of amides is 1. The van der Waals surface area contributed by atoms with Crippen molar-refractivity contribution in [3.8, 4) is 0 Å². The van der Waals surface area contributed by atoms with Gasteiger partial charge in [-0.15, -0.1) is 0 Å². The van der Waals surface area contributed by atoms with Crippen LogP contribution in [0.2, 0.25) is 0 Å². The van der Waals surface area contributed by atoms with Gasteiger partial charge in [0.25, 0.3) is 0 Å². The number of carbonyl (C=O) groups excluding carboxylic acids is 1. The average molecular weight is 319 g/mol. The maximum absolute atomic E-state index is 11.7. The quantitative estimate of drug-likeness (QED) is 0.850. The zero-order valence-electron chi connectivity index (χ0n) is 14.8. The highest BCUT2D eigenvalue weighted by Gasteiger charge is 2.24. The maximum Gasteiger partial charge on any atom is 0.413 e. The number of nitrogens with zero attached hydrogens (tertiary/aromatic N) is 1. The molecule has 3 unspecified atom stereocenters. The Balaban J connectivity index is 1.86. The minimum atomic E-state index is -0.514. The zero-order valence-corrected chi connectivity index (χ0v) is 14.8. The molecule has 5 nitrogen and oxygen atoms in total. The molecule has 3 atom stereocenters. The molecular formula is C18H29N3O2. The number of pyridine rings is 1. The molecule has 2 rings (SSSR count). The lowest BCUT2D eigenvalue weighted by molar-refractivity contribution is 0.0635. The number of nitrogens with one attached hydrogen (secondary N) is 2. The summed E-state index contributed by atoms with van der Waals surface area (Å²) in [6, 6.07) is 4.25. The number of aromatic nitrogens is 1. The fraction of sp³-hybridized carbons (Fsp3) is 0.667. The molecule has 23 heavy (non-hydrogen) atoms. The van der Waals surface area contributed by atoms with Gasteiger partial charge in [0.2, 0.25) is 0 Å². The third-order valence-electron chi connectivity index (χ3n) is 4.36. The van der Waals surface area contributed by atoms with Crippen molar-refractivity contribution in [1.82, 2.24) is 4.98 Å².